The van der Waals surface area contributed by atoms with Crippen molar-refractivity contribution in [3.63, 3.8) is 0 Å². The lowest BCUT2D eigenvalue weighted by Crippen LogP contribution is -2.70. The molecule has 1 spiro atoms. The number of carbonyl (C=O) groups is 1. The number of aliphatic hydroxyl groups excluding tert-OH is 1. The highest BCUT2D eigenvalue weighted by Gasteiger charge is 2.64. The Labute approximate surface area is 138 Å². The van der Waals surface area contributed by atoms with E-state index in [-0.39, 0.29) is 24.5 Å². The molecule has 126 valence electrons. The fourth-order valence-electron chi connectivity index (χ4n) is 3.59. The molecule has 3 heterocycles. The third-order valence-electron chi connectivity index (χ3n) is 4.71. The minimum Gasteiger partial charge on any atom is -0.454 e. The number of ether oxygens (including phenoxy) is 1. The summed E-state index contributed by atoms with van der Waals surface area (Å²) in [5, 5.41) is 13.9. The summed E-state index contributed by atoms with van der Waals surface area (Å²) >= 11 is 0. The molecule has 0 aromatic heterocycles. The van der Waals surface area contributed by atoms with E-state index in [4.69, 9.17) is 16.2 Å². The Morgan fingerprint density at radius 3 is 2.88 bits per heavy atom. The standard InChI is InChI=1S/C15H18N6O3/c16-13-19-10-6-18-14(17)21-7-9(11(22)15(10,21)20-13)24-12(23)8-4-2-1-3-5-8/h1-5,9-11,22H,6-7H2,(H2,17,18)(H3,16,19,20)/t9-,10?,11+,15?/m0/s1. The molecule has 0 amide bonds. The molecule has 9 nitrogen and oxygen atoms in total. The molecule has 0 aliphatic carbocycles. The van der Waals surface area contributed by atoms with Gasteiger partial charge >= 0.3 is 5.97 Å². The topological polar surface area (TPSA) is 139 Å². The van der Waals surface area contributed by atoms with Gasteiger partial charge in [0.05, 0.1) is 18.7 Å². The summed E-state index contributed by atoms with van der Waals surface area (Å²) in [5.74, 6) is -0.0280. The van der Waals surface area contributed by atoms with Crippen LogP contribution >= 0.6 is 0 Å². The number of nitrogens with zero attached hydrogens (tertiary/aromatic N) is 3. The van der Waals surface area contributed by atoms with Gasteiger partial charge in [0.25, 0.3) is 0 Å². The third kappa shape index (κ3) is 1.94. The van der Waals surface area contributed by atoms with E-state index < -0.39 is 23.8 Å². The first kappa shape index (κ1) is 14.8. The predicted molar refractivity (Wildman–Crippen MR) is 86.1 cm³/mol. The number of rotatable bonds is 2. The van der Waals surface area contributed by atoms with E-state index in [0.29, 0.717) is 12.1 Å². The Morgan fingerprint density at radius 1 is 1.38 bits per heavy atom. The Bertz CT molecular complexity index is 736. The highest BCUT2D eigenvalue weighted by atomic mass is 16.6. The van der Waals surface area contributed by atoms with Crippen LogP contribution in [0.15, 0.2) is 40.3 Å². The molecular formula is C15H18N6O3. The van der Waals surface area contributed by atoms with Gasteiger partial charge in [-0.2, -0.15) is 0 Å². The van der Waals surface area contributed by atoms with Crippen molar-refractivity contribution in [2.45, 2.75) is 23.9 Å². The number of nitrogens with two attached hydrogens (primary N) is 2. The Balaban J connectivity index is 1.60. The van der Waals surface area contributed by atoms with Crippen LogP contribution in [0.2, 0.25) is 0 Å². The van der Waals surface area contributed by atoms with Gasteiger partial charge in [-0.1, -0.05) is 18.2 Å². The number of carbonyl (C=O) groups excluding carboxylic acids is 1. The quantitative estimate of drug-likeness (QED) is 0.469. The van der Waals surface area contributed by atoms with E-state index in [0.717, 1.165) is 0 Å². The molecular weight excluding hydrogens is 312 g/mol. The van der Waals surface area contributed by atoms with E-state index in [2.05, 4.69) is 15.3 Å². The maximum absolute atomic E-state index is 12.3. The van der Waals surface area contributed by atoms with Gasteiger partial charge in [0.2, 0.25) is 0 Å². The summed E-state index contributed by atoms with van der Waals surface area (Å²) in [4.78, 5) is 22.5. The molecule has 3 aliphatic heterocycles. The van der Waals surface area contributed by atoms with Crippen LogP contribution in [0.3, 0.4) is 0 Å². The van der Waals surface area contributed by atoms with Crippen molar-refractivity contribution in [3.05, 3.63) is 35.9 Å². The minimum absolute atomic E-state index is 0.210. The molecule has 0 bridgehead atoms. The van der Waals surface area contributed by atoms with Crippen molar-refractivity contribution in [2.75, 3.05) is 13.1 Å². The summed E-state index contributed by atoms with van der Waals surface area (Å²) in [6, 6.07) is 8.23. The van der Waals surface area contributed by atoms with Gasteiger partial charge in [0.1, 0.15) is 18.2 Å². The SMILES string of the molecule is NC1=NC2CN=C(N)N3C[C@H](OC(=O)c4ccccc4)[C@@H](O)C23N1. The van der Waals surface area contributed by atoms with Crippen LogP contribution in [0.5, 0.6) is 0 Å². The van der Waals surface area contributed by atoms with Crippen molar-refractivity contribution < 1.29 is 14.6 Å². The second-order valence-corrected chi connectivity index (χ2v) is 6.04. The van der Waals surface area contributed by atoms with E-state index in [1.54, 1.807) is 29.2 Å². The lowest BCUT2D eigenvalue weighted by Gasteiger charge is -2.43. The number of hydrogen-bond donors (Lipinski definition) is 4. The molecule has 24 heavy (non-hydrogen) atoms. The molecule has 3 aliphatic rings. The number of hydrogen-bond acceptors (Lipinski definition) is 9. The zero-order valence-corrected chi connectivity index (χ0v) is 12.8. The molecule has 6 N–H and O–H groups in total. The second-order valence-electron chi connectivity index (χ2n) is 6.04. The fraction of sp³-hybridized carbons (Fsp3) is 0.400. The number of nitrogens with one attached hydrogen (secondary N) is 1. The number of guanidine groups is 2. The lowest BCUT2D eigenvalue weighted by atomic mass is 9.93. The zero-order chi connectivity index (χ0) is 16.9. The molecule has 4 rings (SSSR count). The monoisotopic (exact) mass is 330 g/mol. The molecule has 1 fully saturated rings. The molecule has 1 saturated heterocycles. The zero-order valence-electron chi connectivity index (χ0n) is 12.8. The molecule has 9 heteroatoms. The first-order chi connectivity index (χ1) is 11.5. The summed E-state index contributed by atoms with van der Waals surface area (Å²) in [6.45, 7) is 0.522. The minimum atomic E-state index is -1.05. The molecule has 2 unspecified atom stereocenters. The van der Waals surface area contributed by atoms with Crippen LogP contribution in [-0.4, -0.2) is 64.9 Å². The Morgan fingerprint density at radius 2 is 2.12 bits per heavy atom. The number of aliphatic hydroxyl groups is 1. The molecule has 4 atom stereocenters. The Kier molecular flexibility index (Phi) is 3.14. The van der Waals surface area contributed by atoms with Crippen LogP contribution in [0.25, 0.3) is 0 Å². The van der Waals surface area contributed by atoms with Crippen molar-refractivity contribution in [1.29, 1.82) is 0 Å². The number of benzene rings is 1. The number of esters is 1. The summed E-state index contributed by atoms with van der Waals surface area (Å²) in [5.41, 5.74) is 11.2. The van der Waals surface area contributed by atoms with Crippen molar-refractivity contribution in [1.82, 2.24) is 10.2 Å². The first-order valence-electron chi connectivity index (χ1n) is 7.65. The Hall–Kier alpha value is -2.81. The van der Waals surface area contributed by atoms with E-state index in [1.807, 2.05) is 6.07 Å². The van der Waals surface area contributed by atoms with Crippen LogP contribution in [0.4, 0.5) is 0 Å². The summed E-state index contributed by atoms with van der Waals surface area (Å²) < 4.78 is 5.52. The van der Waals surface area contributed by atoms with Crippen LogP contribution in [-0.2, 0) is 4.74 Å². The van der Waals surface area contributed by atoms with E-state index in [1.165, 1.54) is 0 Å². The van der Waals surface area contributed by atoms with Gasteiger partial charge in [-0.05, 0) is 12.1 Å². The summed E-state index contributed by atoms with van der Waals surface area (Å²) in [6.07, 6.45) is -1.82. The average Bonchev–Trinajstić information content (AvgIpc) is 3.06. The molecule has 0 saturated carbocycles. The third-order valence-corrected chi connectivity index (χ3v) is 4.71. The van der Waals surface area contributed by atoms with Gasteiger partial charge < -0.3 is 31.5 Å². The first-order valence-corrected chi connectivity index (χ1v) is 7.65. The van der Waals surface area contributed by atoms with Gasteiger partial charge in [0, 0.05) is 0 Å². The maximum atomic E-state index is 12.3. The van der Waals surface area contributed by atoms with Crippen molar-refractivity contribution in [2.24, 2.45) is 21.5 Å². The van der Waals surface area contributed by atoms with Gasteiger partial charge in [0.15, 0.2) is 17.6 Å². The maximum Gasteiger partial charge on any atom is 0.338 e. The largest absolute Gasteiger partial charge is 0.454 e. The fourth-order valence-corrected chi connectivity index (χ4v) is 3.59. The lowest BCUT2D eigenvalue weighted by molar-refractivity contribution is -0.0310. The average molecular weight is 330 g/mol. The highest BCUT2D eigenvalue weighted by Crippen LogP contribution is 2.38. The van der Waals surface area contributed by atoms with Crippen LogP contribution < -0.4 is 16.8 Å². The smallest absolute Gasteiger partial charge is 0.338 e. The molecule has 1 aromatic rings. The van der Waals surface area contributed by atoms with Gasteiger partial charge in [-0.25, -0.2) is 9.79 Å². The van der Waals surface area contributed by atoms with Gasteiger partial charge in [-0.15, -0.1) is 0 Å². The highest BCUT2D eigenvalue weighted by molar-refractivity contribution is 5.90. The normalized spacial score (nSPS) is 33.9. The molecule has 0 radical (unpaired) electrons. The van der Waals surface area contributed by atoms with Crippen molar-refractivity contribution in [3.8, 4) is 0 Å². The van der Waals surface area contributed by atoms with Crippen LogP contribution in [0.1, 0.15) is 10.4 Å². The van der Waals surface area contributed by atoms with Gasteiger partial charge in [-0.3, -0.25) is 4.99 Å². The van der Waals surface area contributed by atoms with Crippen LogP contribution in [0, 0.1) is 0 Å². The predicted octanol–water partition coefficient (Wildman–Crippen LogP) is -1.80. The second kappa shape index (κ2) is 5.10. The van der Waals surface area contributed by atoms with Crippen molar-refractivity contribution >= 4 is 17.9 Å². The summed E-state index contributed by atoms with van der Waals surface area (Å²) in [7, 11) is 0. The van der Waals surface area contributed by atoms with E-state index >= 15 is 0 Å². The van der Waals surface area contributed by atoms with E-state index in [9.17, 15) is 9.90 Å². The number of aliphatic imine (C=N–C) groups is 2. The molecule has 1 aromatic carbocycles.